The second kappa shape index (κ2) is 6.34. The molecule has 0 spiro atoms. The average molecular weight is 330 g/mol. The zero-order valence-corrected chi connectivity index (χ0v) is 13.2. The molecular formula is C17H15FN2O2S. The Morgan fingerprint density at radius 2 is 2.17 bits per heavy atom. The standard InChI is InChI=1S/C17H15FN2O2S/c1-10(6-11-4-5-23-9-11)19-17(22)14-8-16(21)20-15-7-12(18)2-3-13(14)15/h2-5,7-10H,6H2,1H3,(H,19,22)(H,20,21)/t10-/m0/s1. The molecule has 0 saturated carbocycles. The molecule has 3 rings (SSSR count). The number of fused-ring (bicyclic) bond motifs is 1. The fourth-order valence-corrected chi connectivity index (χ4v) is 3.22. The number of thiophene rings is 1. The fourth-order valence-electron chi connectivity index (χ4n) is 2.54. The Labute approximate surface area is 136 Å². The van der Waals surface area contributed by atoms with Crippen LogP contribution in [0.3, 0.4) is 0 Å². The van der Waals surface area contributed by atoms with Crippen molar-refractivity contribution < 1.29 is 9.18 Å². The summed E-state index contributed by atoms with van der Waals surface area (Å²) in [6.45, 7) is 1.91. The lowest BCUT2D eigenvalue weighted by Crippen LogP contribution is -2.34. The molecule has 0 saturated heterocycles. The Balaban J connectivity index is 1.87. The summed E-state index contributed by atoms with van der Waals surface area (Å²) in [6.07, 6.45) is 0.713. The number of hydrogen-bond donors (Lipinski definition) is 2. The fraction of sp³-hybridized carbons (Fsp3) is 0.176. The monoisotopic (exact) mass is 330 g/mol. The summed E-state index contributed by atoms with van der Waals surface area (Å²) in [5.74, 6) is -0.799. The summed E-state index contributed by atoms with van der Waals surface area (Å²) >= 11 is 1.61. The molecule has 1 atom stereocenters. The highest BCUT2D eigenvalue weighted by Crippen LogP contribution is 2.17. The molecular weight excluding hydrogens is 315 g/mol. The van der Waals surface area contributed by atoms with Gasteiger partial charge in [0.1, 0.15) is 5.82 Å². The zero-order valence-electron chi connectivity index (χ0n) is 12.4. The number of halogens is 1. The molecule has 23 heavy (non-hydrogen) atoms. The first-order valence-corrected chi connectivity index (χ1v) is 8.12. The number of pyridine rings is 1. The lowest BCUT2D eigenvalue weighted by atomic mass is 10.1. The first kappa shape index (κ1) is 15.4. The maximum absolute atomic E-state index is 13.3. The maximum Gasteiger partial charge on any atom is 0.252 e. The molecule has 0 fully saturated rings. The van der Waals surface area contributed by atoms with Crippen molar-refractivity contribution in [2.45, 2.75) is 19.4 Å². The molecule has 0 radical (unpaired) electrons. The number of aromatic amines is 1. The van der Waals surface area contributed by atoms with Crippen molar-refractivity contribution in [3.05, 3.63) is 68.4 Å². The van der Waals surface area contributed by atoms with E-state index in [9.17, 15) is 14.0 Å². The molecule has 2 aromatic heterocycles. The largest absolute Gasteiger partial charge is 0.349 e. The van der Waals surface area contributed by atoms with Crippen LogP contribution in [0.2, 0.25) is 0 Å². The van der Waals surface area contributed by atoms with Gasteiger partial charge < -0.3 is 10.3 Å². The van der Waals surface area contributed by atoms with Crippen LogP contribution < -0.4 is 10.9 Å². The number of H-pyrrole nitrogens is 1. The van der Waals surface area contributed by atoms with Gasteiger partial charge in [-0.3, -0.25) is 9.59 Å². The molecule has 0 aliphatic heterocycles. The molecule has 0 aliphatic rings. The Morgan fingerprint density at radius 3 is 2.91 bits per heavy atom. The van der Waals surface area contributed by atoms with Crippen molar-refractivity contribution in [2.75, 3.05) is 0 Å². The van der Waals surface area contributed by atoms with Crippen LogP contribution in [0.1, 0.15) is 22.8 Å². The van der Waals surface area contributed by atoms with Gasteiger partial charge in [0.2, 0.25) is 5.56 Å². The Kier molecular flexibility index (Phi) is 4.25. The number of aromatic nitrogens is 1. The van der Waals surface area contributed by atoms with Gasteiger partial charge in [-0.1, -0.05) is 0 Å². The normalized spacial score (nSPS) is 12.3. The molecule has 2 heterocycles. The van der Waals surface area contributed by atoms with Crippen molar-refractivity contribution in [2.24, 2.45) is 0 Å². The van der Waals surface area contributed by atoms with E-state index in [1.54, 1.807) is 11.3 Å². The quantitative estimate of drug-likeness (QED) is 0.772. The van der Waals surface area contributed by atoms with Gasteiger partial charge in [0.05, 0.1) is 11.1 Å². The highest BCUT2D eigenvalue weighted by molar-refractivity contribution is 7.07. The van der Waals surface area contributed by atoms with E-state index in [0.717, 1.165) is 5.56 Å². The minimum absolute atomic E-state index is 0.0770. The molecule has 0 bridgehead atoms. The molecule has 1 aromatic carbocycles. The first-order valence-electron chi connectivity index (χ1n) is 7.17. The third kappa shape index (κ3) is 3.48. The van der Waals surface area contributed by atoms with Crippen molar-refractivity contribution in [1.82, 2.24) is 10.3 Å². The van der Waals surface area contributed by atoms with E-state index in [2.05, 4.69) is 10.3 Å². The number of hydrogen-bond acceptors (Lipinski definition) is 3. The van der Waals surface area contributed by atoms with Crippen molar-refractivity contribution in [3.63, 3.8) is 0 Å². The van der Waals surface area contributed by atoms with Crippen molar-refractivity contribution >= 4 is 28.1 Å². The Bertz CT molecular complexity index is 903. The van der Waals surface area contributed by atoms with Gasteiger partial charge in [-0.25, -0.2) is 4.39 Å². The van der Waals surface area contributed by atoms with Crippen LogP contribution in [0.15, 0.2) is 45.9 Å². The van der Waals surface area contributed by atoms with E-state index < -0.39 is 11.4 Å². The number of benzene rings is 1. The van der Waals surface area contributed by atoms with E-state index in [1.807, 2.05) is 23.8 Å². The summed E-state index contributed by atoms with van der Waals surface area (Å²) in [7, 11) is 0. The summed E-state index contributed by atoms with van der Waals surface area (Å²) in [5, 5.41) is 7.43. The molecule has 1 amide bonds. The van der Waals surface area contributed by atoms with Gasteiger partial charge in [0.25, 0.3) is 5.91 Å². The number of amides is 1. The highest BCUT2D eigenvalue weighted by atomic mass is 32.1. The van der Waals surface area contributed by atoms with Crippen molar-refractivity contribution in [1.29, 1.82) is 0 Å². The number of nitrogens with one attached hydrogen (secondary N) is 2. The lowest BCUT2D eigenvalue weighted by Gasteiger charge is -2.14. The third-order valence-corrected chi connectivity index (χ3v) is 4.28. The van der Waals surface area contributed by atoms with Gasteiger partial charge in [0, 0.05) is 17.5 Å². The Hall–Kier alpha value is -2.47. The van der Waals surface area contributed by atoms with Crippen LogP contribution in [0.5, 0.6) is 0 Å². The number of carbonyl (C=O) groups is 1. The van der Waals surface area contributed by atoms with Crippen LogP contribution in [0.25, 0.3) is 10.9 Å². The van der Waals surface area contributed by atoms with E-state index >= 15 is 0 Å². The topological polar surface area (TPSA) is 62.0 Å². The lowest BCUT2D eigenvalue weighted by molar-refractivity contribution is 0.0941. The third-order valence-electron chi connectivity index (χ3n) is 3.55. The maximum atomic E-state index is 13.3. The Morgan fingerprint density at radius 1 is 1.35 bits per heavy atom. The van der Waals surface area contributed by atoms with Gasteiger partial charge in [-0.15, -0.1) is 0 Å². The summed E-state index contributed by atoms with van der Waals surface area (Å²) < 4.78 is 13.3. The van der Waals surface area contributed by atoms with Gasteiger partial charge in [-0.05, 0) is 53.9 Å². The first-order chi connectivity index (χ1) is 11.0. The second-order valence-electron chi connectivity index (χ2n) is 5.45. The summed E-state index contributed by atoms with van der Waals surface area (Å²) in [6, 6.07) is 7.16. The molecule has 0 unspecified atom stereocenters. The average Bonchev–Trinajstić information content (AvgIpc) is 2.98. The van der Waals surface area contributed by atoms with E-state index in [-0.39, 0.29) is 17.5 Å². The van der Waals surface area contributed by atoms with Crippen LogP contribution in [-0.4, -0.2) is 16.9 Å². The number of rotatable bonds is 4. The predicted molar refractivity (Wildman–Crippen MR) is 89.5 cm³/mol. The minimum atomic E-state index is -0.462. The van der Waals surface area contributed by atoms with E-state index in [4.69, 9.17) is 0 Å². The molecule has 2 N–H and O–H groups in total. The molecule has 3 aromatic rings. The van der Waals surface area contributed by atoms with Crippen LogP contribution >= 0.6 is 11.3 Å². The van der Waals surface area contributed by atoms with Crippen LogP contribution in [0.4, 0.5) is 4.39 Å². The van der Waals surface area contributed by atoms with E-state index in [0.29, 0.717) is 17.3 Å². The van der Waals surface area contributed by atoms with Gasteiger partial charge >= 0.3 is 0 Å². The molecule has 0 aliphatic carbocycles. The van der Waals surface area contributed by atoms with Gasteiger partial charge in [0.15, 0.2) is 0 Å². The molecule has 6 heteroatoms. The van der Waals surface area contributed by atoms with Crippen molar-refractivity contribution in [3.8, 4) is 0 Å². The minimum Gasteiger partial charge on any atom is -0.349 e. The zero-order chi connectivity index (χ0) is 16.4. The predicted octanol–water partition coefficient (Wildman–Crippen LogP) is 3.09. The van der Waals surface area contributed by atoms with Crippen LogP contribution in [-0.2, 0) is 6.42 Å². The van der Waals surface area contributed by atoms with Gasteiger partial charge in [-0.2, -0.15) is 11.3 Å². The summed E-state index contributed by atoms with van der Waals surface area (Å²) in [4.78, 5) is 26.7. The SMILES string of the molecule is C[C@@H](Cc1ccsc1)NC(=O)c1cc(=O)[nH]c2cc(F)ccc12. The number of carbonyl (C=O) groups excluding carboxylic acids is 1. The second-order valence-corrected chi connectivity index (χ2v) is 6.23. The molecule has 118 valence electrons. The smallest absolute Gasteiger partial charge is 0.252 e. The van der Waals surface area contributed by atoms with E-state index in [1.165, 1.54) is 24.3 Å². The highest BCUT2D eigenvalue weighted by Gasteiger charge is 2.15. The van der Waals surface area contributed by atoms with Crippen LogP contribution in [0, 0.1) is 5.82 Å². The molecule has 4 nitrogen and oxygen atoms in total. The summed E-state index contributed by atoms with van der Waals surface area (Å²) in [5.41, 5.74) is 1.29.